The largest absolute Gasteiger partial charge is 1.00 e. The van der Waals surface area contributed by atoms with Crippen LogP contribution in [0.25, 0.3) is 0 Å². The quantitative estimate of drug-likeness (QED) is 0.810. The molecule has 0 unspecified atom stereocenters. The number of pyridine rings is 1. The van der Waals surface area contributed by atoms with E-state index >= 15 is 0 Å². The van der Waals surface area contributed by atoms with Gasteiger partial charge in [0, 0.05) is 29.9 Å². The molecule has 2 nitrogen and oxygen atoms in total. The third kappa shape index (κ3) is 5.62. The zero-order valence-electron chi connectivity index (χ0n) is 12.4. The van der Waals surface area contributed by atoms with E-state index in [9.17, 15) is 0 Å². The topological polar surface area (TPSA) is 15.9 Å². The van der Waals surface area contributed by atoms with Gasteiger partial charge in [0.2, 0.25) is 0 Å². The maximum atomic E-state index is 3.46. The minimum atomic E-state index is 0. The molecule has 0 aliphatic heterocycles. The van der Waals surface area contributed by atoms with Gasteiger partial charge in [-0.1, -0.05) is 51.1 Å². The molecule has 0 bridgehead atoms. The van der Waals surface area contributed by atoms with E-state index in [1.807, 2.05) is 6.07 Å². The van der Waals surface area contributed by atoms with E-state index in [0.29, 0.717) is 5.41 Å². The third-order valence-electron chi connectivity index (χ3n) is 2.92. The Balaban J connectivity index is 0.00000200. The molecule has 0 radical (unpaired) electrons. The Kier molecular flexibility index (Phi) is 6.03. The van der Waals surface area contributed by atoms with Crippen molar-refractivity contribution in [2.24, 2.45) is 5.41 Å². The molecule has 3 heteroatoms. The highest BCUT2D eigenvalue weighted by Gasteiger charge is 2.09. The summed E-state index contributed by atoms with van der Waals surface area (Å²) in [7, 11) is 0. The van der Waals surface area contributed by atoms with E-state index in [-0.39, 0.29) is 12.4 Å². The van der Waals surface area contributed by atoms with Crippen molar-refractivity contribution in [3.8, 4) is 0 Å². The molecule has 0 saturated heterocycles. The number of anilines is 1. The first-order valence-corrected chi connectivity index (χ1v) is 6.80. The number of hydrogen-bond acceptors (Lipinski definition) is 1. The molecule has 1 aromatic carbocycles. The fourth-order valence-corrected chi connectivity index (χ4v) is 1.84. The SMILES string of the molecule is CC(C)(C)CNc1cc[n+](Cc2ccccc2)cc1.[Cl-]. The second kappa shape index (κ2) is 7.30. The summed E-state index contributed by atoms with van der Waals surface area (Å²) in [5, 5.41) is 3.46. The van der Waals surface area contributed by atoms with Gasteiger partial charge in [0.15, 0.2) is 18.9 Å². The van der Waals surface area contributed by atoms with Gasteiger partial charge in [-0.2, -0.15) is 0 Å². The van der Waals surface area contributed by atoms with Crippen molar-refractivity contribution < 1.29 is 17.0 Å². The molecule has 20 heavy (non-hydrogen) atoms. The molecule has 0 fully saturated rings. The summed E-state index contributed by atoms with van der Waals surface area (Å²) in [6, 6.07) is 14.8. The highest BCUT2D eigenvalue weighted by Crippen LogP contribution is 2.14. The van der Waals surface area contributed by atoms with Gasteiger partial charge in [0.25, 0.3) is 0 Å². The van der Waals surface area contributed by atoms with Crippen molar-refractivity contribution >= 4 is 5.69 Å². The summed E-state index contributed by atoms with van der Waals surface area (Å²) in [6.45, 7) is 8.60. The summed E-state index contributed by atoms with van der Waals surface area (Å²) >= 11 is 0. The number of nitrogens with one attached hydrogen (secondary N) is 1. The van der Waals surface area contributed by atoms with E-state index in [2.05, 4.69) is 79.4 Å². The lowest BCUT2D eigenvalue weighted by atomic mass is 9.97. The highest BCUT2D eigenvalue weighted by molar-refractivity contribution is 5.39. The predicted molar refractivity (Wildman–Crippen MR) is 80.1 cm³/mol. The van der Waals surface area contributed by atoms with Gasteiger partial charge in [-0.05, 0) is 5.41 Å². The number of nitrogens with zero attached hydrogens (tertiary/aromatic N) is 1. The first-order valence-electron chi connectivity index (χ1n) is 6.80. The van der Waals surface area contributed by atoms with Gasteiger partial charge < -0.3 is 17.7 Å². The van der Waals surface area contributed by atoms with Crippen molar-refractivity contribution in [2.75, 3.05) is 11.9 Å². The molecule has 108 valence electrons. The fraction of sp³-hybridized carbons (Fsp3) is 0.353. The van der Waals surface area contributed by atoms with Crippen molar-refractivity contribution in [3.63, 3.8) is 0 Å². The molecular weight excluding hydrogens is 268 g/mol. The number of benzene rings is 1. The lowest BCUT2D eigenvalue weighted by molar-refractivity contribution is -0.688. The van der Waals surface area contributed by atoms with Crippen molar-refractivity contribution in [1.82, 2.24) is 0 Å². The molecule has 0 spiro atoms. The third-order valence-corrected chi connectivity index (χ3v) is 2.92. The van der Waals surface area contributed by atoms with Crippen molar-refractivity contribution in [1.29, 1.82) is 0 Å². The molecule has 0 aliphatic rings. The molecule has 2 rings (SSSR count). The van der Waals surface area contributed by atoms with Gasteiger partial charge in [0.05, 0.1) is 0 Å². The summed E-state index contributed by atoms with van der Waals surface area (Å²) in [5.41, 5.74) is 2.80. The average Bonchev–Trinajstić information content (AvgIpc) is 2.38. The summed E-state index contributed by atoms with van der Waals surface area (Å²) in [6.07, 6.45) is 4.25. The molecule has 2 aromatic rings. The maximum Gasteiger partial charge on any atom is 0.173 e. The van der Waals surface area contributed by atoms with E-state index in [0.717, 1.165) is 13.1 Å². The average molecular weight is 291 g/mol. The molecule has 1 aromatic heterocycles. The Morgan fingerprint density at radius 2 is 1.55 bits per heavy atom. The number of aromatic nitrogens is 1. The first-order chi connectivity index (χ1) is 9.03. The maximum absolute atomic E-state index is 3.46. The summed E-state index contributed by atoms with van der Waals surface area (Å²) in [5.74, 6) is 0. The lowest BCUT2D eigenvalue weighted by Gasteiger charge is -2.19. The van der Waals surface area contributed by atoms with Crippen LogP contribution in [0, 0.1) is 5.41 Å². The minimum Gasteiger partial charge on any atom is -1.00 e. The molecule has 0 saturated carbocycles. The lowest BCUT2D eigenvalue weighted by Crippen LogP contribution is -3.00. The molecule has 1 heterocycles. The number of halogens is 1. The molecule has 1 N–H and O–H groups in total. The number of hydrogen-bond donors (Lipinski definition) is 1. The van der Waals surface area contributed by atoms with Gasteiger partial charge in [-0.25, -0.2) is 4.57 Å². The Bertz CT molecular complexity index is 501. The van der Waals surface area contributed by atoms with Crippen LogP contribution in [0.15, 0.2) is 54.9 Å². The second-order valence-corrected chi connectivity index (χ2v) is 6.16. The van der Waals surface area contributed by atoms with Gasteiger partial charge in [-0.15, -0.1) is 0 Å². The van der Waals surface area contributed by atoms with E-state index in [1.54, 1.807) is 0 Å². The Hall–Kier alpha value is -1.54. The second-order valence-electron chi connectivity index (χ2n) is 6.16. The van der Waals surface area contributed by atoms with Gasteiger partial charge >= 0.3 is 0 Å². The summed E-state index contributed by atoms with van der Waals surface area (Å²) < 4.78 is 2.19. The molecular formula is C17H23ClN2. The zero-order chi connectivity index (χ0) is 13.7. The van der Waals surface area contributed by atoms with Crippen LogP contribution < -0.4 is 22.3 Å². The molecule has 0 aliphatic carbocycles. The van der Waals surface area contributed by atoms with Gasteiger partial charge in [0.1, 0.15) is 0 Å². The standard InChI is InChI=1S/C17H22N2.ClH/c1-17(2,3)14-18-16-9-11-19(12-10-16)13-15-7-5-4-6-8-15;/h4-12H,13-14H2,1-3H3;1H. The summed E-state index contributed by atoms with van der Waals surface area (Å²) in [4.78, 5) is 0. The van der Waals surface area contributed by atoms with Crippen molar-refractivity contribution in [3.05, 3.63) is 60.4 Å². The molecule has 0 atom stereocenters. The Labute approximate surface area is 128 Å². The van der Waals surface area contributed by atoms with Crippen LogP contribution in [-0.4, -0.2) is 6.54 Å². The monoisotopic (exact) mass is 290 g/mol. The van der Waals surface area contributed by atoms with Crippen LogP contribution in [0.3, 0.4) is 0 Å². The van der Waals surface area contributed by atoms with Crippen LogP contribution in [0.5, 0.6) is 0 Å². The van der Waals surface area contributed by atoms with E-state index < -0.39 is 0 Å². The number of rotatable bonds is 4. The van der Waals surface area contributed by atoms with Crippen LogP contribution >= 0.6 is 0 Å². The van der Waals surface area contributed by atoms with Crippen LogP contribution in [0.2, 0.25) is 0 Å². The Morgan fingerprint density at radius 3 is 2.10 bits per heavy atom. The predicted octanol–water partition coefficient (Wildman–Crippen LogP) is 0.484. The zero-order valence-corrected chi connectivity index (χ0v) is 13.2. The highest BCUT2D eigenvalue weighted by atomic mass is 35.5. The normalized spacial score (nSPS) is 10.8. The minimum absolute atomic E-state index is 0. The van der Waals surface area contributed by atoms with E-state index in [1.165, 1.54) is 11.3 Å². The van der Waals surface area contributed by atoms with Crippen LogP contribution in [0.1, 0.15) is 26.3 Å². The van der Waals surface area contributed by atoms with Crippen LogP contribution in [0.4, 0.5) is 5.69 Å². The van der Waals surface area contributed by atoms with Gasteiger partial charge in [-0.3, -0.25) is 0 Å². The molecule has 0 amide bonds. The van der Waals surface area contributed by atoms with Crippen molar-refractivity contribution in [2.45, 2.75) is 27.3 Å². The Morgan fingerprint density at radius 1 is 0.950 bits per heavy atom. The fourth-order valence-electron chi connectivity index (χ4n) is 1.84. The first kappa shape index (κ1) is 16.5. The smallest absolute Gasteiger partial charge is 0.173 e. The van der Waals surface area contributed by atoms with Crippen LogP contribution in [-0.2, 0) is 6.54 Å². The van der Waals surface area contributed by atoms with E-state index in [4.69, 9.17) is 0 Å².